The molecule has 1 aliphatic rings. The summed E-state index contributed by atoms with van der Waals surface area (Å²) in [5.41, 5.74) is 0.0544. The molecule has 0 radical (unpaired) electrons. The minimum absolute atomic E-state index is 0.00583. The van der Waals surface area contributed by atoms with Gasteiger partial charge in [0.05, 0.1) is 11.7 Å². The molecule has 0 amide bonds. The Labute approximate surface area is 91.6 Å². The normalized spacial score (nSPS) is 22.4. The third-order valence-corrected chi connectivity index (χ3v) is 4.48. The van der Waals surface area contributed by atoms with Crippen molar-refractivity contribution in [2.24, 2.45) is 0 Å². The Bertz CT molecular complexity index is 550. The average molecular weight is 244 g/mol. The van der Waals surface area contributed by atoms with Gasteiger partial charge < -0.3 is 5.11 Å². The molecule has 0 fully saturated rings. The Hall–Kier alpha value is -1.43. The van der Waals surface area contributed by atoms with Crippen LogP contribution in [0.4, 0.5) is 4.39 Å². The fourth-order valence-electron chi connectivity index (χ4n) is 1.92. The number of benzene rings is 1. The number of carboxylic acid groups (broad SMARTS) is 1. The lowest BCUT2D eigenvalue weighted by molar-refractivity contribution is -0.138. The van der Waals surface area contributed by atoms with Gasteiger partial charge in [-0.15, -0.1) is 0 Å². The summed E-state index contributed by atoms with van der Waals surface area (Å²) in [5, 5.41) is 8.93. The second kappa shape index (κ2) is 3.55. The number of aliphatic carboxylic acids is 1. The quantitative estimate of drug-likeness (QED) is 0.805. The van der Waals surface area contributed by atoms with Gasteiger partial charge in [0.2, 0.25) is 0 Å². The van der Waals surface area contributed by atoms with E-state index in [2.05, 4.69) is 0 Å². The standard InChI is InChI=1S/C10H9FO4S/c11-8-3-1-2-6-7(10(12)13)4-5-16(14,15)9(6)8/h1-3,7H,4-5H2,(H,12,13). The number of sulfone groups is 1. The van der Waals surface area contributed by atoms with Crippen LogP contribution in [0.15, 0.2) is 23.1 Å². The highest BCUT2D eigenvalue weighted by Gasteiger charge is 2.36. The minimum atomic E-state index is -3.68. The van der Waals surface area contributed by atoms with Gasteiger partial charge in [0.1, 0.15) is 10.7 Å². The third-order valence-electron chi connectivity index (χ3n) is 2.66. The van der Waals surface area contributed by atoms with Crippen LogP contribution in [0.25, 0.3) is 0 Å². The molecule has 4 nitrogen and oxygen atoms in total. The van der Waals surface area contributed by atoms with Crippen molar-refractivity contribution in [3.05, 3.63) is 29.6 Å². The van der Waals surface area contributed by atoms with E-state index in [0.29, 0.717) is 0 Å². The first-order valence-corrected chi connectivity index (χ1v) is 6.32. The molecule has 1 atom stereocenters. The van der Waals surface area contributed by atoms with E-state index in [4.69, 9.17) is 5.11 Å². The highest BCUT2D eigenvalue weighted by Crippen LogP contribution is 2.35. The lowest BCUT2D eigenvalue weighted by atomic mass is 9.96. The topological polar surface area (TPSA) is 71.4 Å². The number of hydrogen-bond donors (Lipinski definition) is 1. The van der Waals surface area contributed by atoms with Crippen LogP contribution in [0.5, 0.6) is 0 Å². The lowest BCUT2D eigenvalue weighted by Crippen LogP contribution is -2.26. The summed E-state index contributed by atoms with van der Waals surface area (Å²) in [6.07, 6.45) is -0.00583. The van der Waals surface area contributed by atoms with Crippen LogP contribution >= 0.6 is 0 Å². The molecule has 1 aliphatic heterocycles. The van der Waals surface area contributed by atoms with E-state index in [1.165, 1.54) is 12.1 Å². The van der Waals surface area contributed by atoms with Crippen LogP contribution in [0.1, 0.15) is 17.9 Å². The third kappa shape index (κ3) is 1.59. The monoisotopic (exact) mass is 244 g/mol. The van der Waals surface area contributed by atoms with Crippen LogP contribution < -0.4 is 0 Å². The lowest BCUT2D eigenvalue weighted by Gasteiger charge is -2.22. The maximum absolute atomic E-state index is 13.4. The molecular formula is C10H9FO4S. The first-order chi connectivity index (χ1) is 7.43. The van der Waals surface area contributed by atoms with Gasteiger partial charge in [-0.25, -0.2) is 12.8 Å². The molecule has 1 aromatic carbocycles. The molecule has 0 aromatic heterocycles. The van der Waals surface area contributed by atoms with Gasteiger partial charge in [-0.3, -0.25) is 4.79 Å². The molecular weight excluding hydrogens is 235 g/mol. The van der Waals surface area contributed by atoms with E-state index >= 15 is 0 Å². The SMILES string of the molecule is O=C(O)C1CCS(=O)(=O)c2c(F)cccc21. The van der Waals surface area contributed by atoms with Crippen molar-refractivity contribution in [2.75, 3.05) is 5.75 Å². The number of hydrogen-bond acceptors (Lipinski definition) is 3. The zero-order valence-corrected chi connectivity index (χ0v) is 9.00. The van der Waals surface area contributed by atoms with E-state index in [0.717, 1.165) is 6.07 Å². The molecule has 86 valence electrons. The largest absolute Gasteiger partial charge is 0.481 e. The Kier molecular flexibility index (Phi) is 2.46. The van der Waals surface area contributed by atoms with E-state index < -0.39 is 32.4 Å². The number of fused-ring (bicyclic) bond motifs is 1. The molecule has 0 spiro atoms. The first kappa shape index (κ1) is 11.1. The number of halogens is 1. The van der Waals surface area contributed by atoms with Crippen LogP contribution in [-0.2, 0) is 14.6 Å². The predicted molar refractivity (Wildman–Crippen MR) is 53.4 cm³/mol. The van der Waals surface area contributed by atoms with Crippen molar-refractivity contribution < 1.29 is 22.7 Å². The van der Waals surface area contributed by atoms with Gasteiger partial charge in [-0.05, 0) is 18.1 Å². The zero-order valence-electron chi connectivity index (χ0n) is 8.18. The van der Waals surface area contributed by atoms with Gasteiger partial charge >= 0.3 is 5.97 Å². The van der Waals surface area contributed by atoms with Crippen molar-refractivity contribution in [1.82, 2.24) is 0 Å². The molecule has 0 aliphatic carbocycles. The zero-order chi connectivity index (χ0) is 11.9. The molecule has 2 rings (SSSR count). The molecule has 1 heterocycles. The van der Waals surface area contributed by atoms with E-state index in [-0.39, 0.29) is 17.7 Å². The van der Waals surface area contributed by atoms with Crippen LogP contribution in [0.2, 0.25) is 0 Å². The average Bonchev–Trinajstić information content (AvgIpc) is 2.16. The van der Waals surface area contributed by atoms with E-state index in [1.807, 2.05) is 0 Å². The minimum Gasteiger partial charge on any atom is -0.481 e. The van der Waals surface area contributed by atoms with Crippen LogP contribution in [-0.4, -0.2) is 25.2 Å². The molecule has 6 heteroatoms. The van der Waals surface area contributed by atoms with Crippen molar-refractivity contribution in [2.45, 2.75) is 17.2 Å². The summed E-state index contributed by atoms with van der Waals surface area (Å²) in [4.78, 5) is 10.5. The number of carbonyl (C=O) groups is 1. The Balaban J connectivity index is 2.72. The Morgan fingerprint density at radius 2 is 2.12 bits per heavy atom. The number of rotatable bonds is 1. The second-order valence-corrected chi connectivity index (χ2v) is 5.70. The van der Waals surface area contributed by atoms with Crippen molar-refractivity contribution in [3.63, 3.8) is 0 Å². The molecule has 1 unspecified atom stereocenters. The summed E-state index contributed by atoms with van der Waals surface area (Å²) in [6, 6.07) is 3.71. The summed E-state index contributed by atoms with van der Waals surface area (Å²) in [6.45, 7) is 0. The summed E-state index contributed by atoms with van der Waals surface area (Å²) in [5.74, 6) is -3.25. The molecule has 1 aromatic rings. The van der Waals surface area contributed by atoms with Crippen LogP contribution in [0.3, 0.4) is 0 Å². The fourth-order valence-corrected chi connectivity index (χ4v) is 3.60. The second-order valence-electron chi connectivity index (χ2n) is 3.66. The van der Waals surface area contributed by atoms with Crippen molar-refractivity contribution >= 4 is 15.8 Å². The highest BCUT2D eigenvalue weighted by atomic mass is 32.2. The highest BCUT2D eigenvalue weighted by molar-refractivity contribution is 7.91. The smallest absolute Gasteiger partial charge is 0.311 e. The predicted octanol–water partition coefficient (Wildman–Crippen LogP) is 1.17. The van der Waals surface area contributed by atoms with Crippen molar-refractivity contribution in [1.29, 1.82) is 0 Å². The summed E-state index contributed by atoms with van der Waals surface area (Å²) in [7, 11) is -3.68. The fraction of sp³-hybridized carbons (Fsp3) is 0.300. The maximum atomic E-state index is 13.4. The van der Waals surface area contributed by atoms with E-state index in [1.54, 1.807) is 0 Å². The summed E-state index contributed by atoms with van der Waals surface area (Å²) >= 11 is 0. The van der Waals surface area contributed by atoms with Gasteiger partial charge in [0, 0.05) is 0 Å². The van der Waals surface area contributed by atoms with Gasteiger partial charge in [0.25, 0.3) is 0 Å². The molecule has 0 bridgehead atoms. The maximum Gasteiger partial charge on any atom is 0.311 e. The van der Waals surface area contributed by atoms with E-state index in [9.17, 15) is 17.6 Å². The van der Waals surface area contributed by atoms with Crippen molar-refractivity contribution in [3.8, 4) is 0 Å². The van der Waals surface area contributed by atoms with Gasteiger partial charge in [-0.1, -0.05) is 12.1 Å². The Morgan fingerprint density at radius 3 is 2.75 bits per heavy atom. The van der Waals surface area contributed by atoms with Crippen LogP contribution in [0, 0.1) is 5.82 Å². The van der Waals surface area contributed by atoms with Gasteiger partial charge in [0.15, 0.2) is 9.84 Å². The number of carboxylic acids is 1. The Morgan fingerprint density at radius 1 is 1.44 bits per heavy atom. The first-order valence-electron chi connectivity index (χ1n) is 4.67. The molecule has 1 N–H and O–H groups in total. The summed E-state index contributed by atoms with van der Waals surface area (Å²) < 4.78 is 36.7. The molecule has 0 saturated heterocycles. The molecule has 16 heavy (non-hydrogen) atoms. The molecule has 0 saturated carbocycles. The van der Waals surface area contributed by atoms with Gasteiger partial charge in [-0.2, -0.15) is 0 Å².